The fourth-order valence-corrected chi connectivity index (χ4v) is 5.96. The number of rotatable bonds is 12. The first kappa shape index (κ1) is 34.2. The van der Waals surface area contributed by atoms with Gasteiger partial charge in [0, 0.05) is 30.6 Å². The molecule has 12 nitrogen and oxygen atoms in total. The van der Waals surface area contributed by atoms with E-state index in [0.717, 1.165) is 83.7 Å². The number of H-pyrrole nitrogens is 2. The number of nitrogens with zero attached hydrogens (tertiary/aromatic N) is 3. The van der Waals surface area contributed by atoms with E-state index >= 15 is 0 Å². The van der Waals surface area contributed by atoms with Crippen molar-refractivity contribution in [1.29, 1.82) is 0 Å². The number of methoxy groups -OCH3 is 1. The fourth-order valence-electron chi connectivity index (χ4n) is 5.96. The first-order valence-electron chi connectivity index (χ1n) is 16.5. The summed E-state index contributed by atoms with van der Waals surface area (Å²) in [6, 6.07) is 13.8. The minimum Gasteiger partial charge on any atom is -0.453 e. The number of imidazole rings is 2. The summed E-state index contributed by atoms with van der Waals surface area (Å²) >= 11 is 0. The lowest BCUT2D eigenvalue weighted by atomic mass is 10.0. The average Bonchev–Trinajstić information content (AvgIpc) is 3.86. The molecule has 0 saturated carbocycles. The second-order valence-corrected chi connectivity index (χ2v) is 12.3. The van der Waals surface area contributed by atoms with Gasteiger partial charge in [-0.15, -0.1) is 0 Å². The summed E-state index contributed by atoms with van der Waals surface area (Å²) in [5, 5.41) is 8.30. The molecule has 2 atom stereocenters. The van der Waals surface area contributed by atoms with Crippen LogP contribution in [0.25, 0.3) is 22.3 Å². The first-order chi connectivity index (χ1) is 23.2. The zero-order valence-corrected chi connectivity index (χ0v) is 28.0. The van der Waals surface area contributed by atoms with Crippen molar-refractivity contribution in [1.82, 2.24) is 40.8 Å². The summed E-state index contributed by atoms with van der Waals surface area (Å²) in [7, 11) is 3.09. The summed E-state index contributed by atoms with van der Waals surface area (Å²) in [5.74, 6) is 8.30. The number of alkyl carbamates (subject to hydrolysis) is 1. The van der Waals surface area contributed by atoms with Crippen LogP contribution in [-0.4, -0.2) is 82.6 Å². The third-order valence-electron chi connectivity index (χ3n) is 8.51. The second kappa shape index (κ2) is 16.1. The highest BCUT2D eigenvalue weighted by Crippen LogP contribution is 2.32. The molecule has 1 saturated heterocycles. The number of ether oxygens (including phenoxy) is 1. The van der Waals surface area contributed by atoms with Crippen LogP contribution in [-0.2, 0) is 20.7 Å². The summed E-state index contributed by atoms with van der Waals surface area (Å²) < 4.78 is 4.45. The van der Waals surface area contributed by atoms with E-state index in [1.54, 1.807) is 0 Å². The number of carbonyl (C=O) groups is 3. The lowest BCUT2D eigenvalue weighted by Gasteiger charge is -2.29. The van der Waals surface area contributed by atoms with Crippen molar-refractivity contribution >= 4 is 28.9 Å². The highest BCUT2D eigenvalue weighted by atomic mass is 16.5. The quantitative estimate of drug-likeness (QED) is 0.114. The van der Waals surface area contributed by atoms with Crippen molar-refractivity contribution in [2.75, 3.05) is 33.8 Å². The standard InChI is InChI=1S/C36H44N8O4/c1-23(2)33(37-3)35(46)44-19-7-8-30(44)34-39-21-29(43-34)26-15-12-24(13-16-26)10-11-25-14-17-27-28(20-25)42-31(41-27)9-5-6-18-38-32(45)22-40-36(47)48-4/h12-17,20-21,23,30,33,37H,5-9,18-19,22H2,1-4H3,(H,38,45)(H,39,43)(H,40,47)(H,41,42). The Morgan fingerprint density at radius 3 is 2.56 bits per heavy atom. The van der Waals surface area contributed by atoms with Gasteiger partial charge in [-0.2, -0.15) is 0 Å². The average molecular weight is 653 g/mol. The second-order valence-electron chi connectivity index (χ2n) is 12.3. The van der Waals surface area contributed by atoms with Crippen LogP contribution in [0.5, 0.6) is 0 Å². The van der Waals surface area contributed by atoms with Gasteiger partial charge in [0.2, 0.25) is 11.8 Å². The number of aromatic amines is 2. The van der Waals surface area contributed by atoms with Crippen LogP contribution in [0.2, 0.25) is 0 Å². The SMILES string of the molecule is CNC(C(=O)N1CCCC1c1ncc(-c2ccc(C#Cc3ccc4nc(CCCCNC(=O)CNC(=O)OC)[nH]c4c3)cc2)[nH]1)C(C)C. The number of benzene rings is 2. The normalized spacial score (nSPS) is 14.9. The van der Waals surface area contributed by atoms with E-state index in [2.05, 4.69) is 66.3 Å². The highest BCUT2D eigenvalue weighted by molar-refractivity contribution is 5.83. The molecule has 0 spiro atoms. The number of likely N-dealkylation sites (tertiary alicyclic amines) is 1. The Labute approximate surface area is 280 Å². The minimum atomic E-state index is -0.633. The van der Waals surface area contributed by atoms with Gasteiger partial charge in [-0.3, -0.25) is 9.59 Å². The molecule has 1 aliphatic heterocycles. The Morgan fingerprint density at radius 2 is 1.81 bits per heavy atom. The maximum atomic E-state index is 13.2. The van der Waals surface area contributed by atoms with E-state index in [4.69, 9.17) is 0 Å². The number of carbonyl (C=O) groups excluding carboxylic acids is 3. The topological polar surface area (TPSA) is 157 Å². The number of aryl methyl sites for hydroxylation is 1. The molecule has 2 aromatic carbocycles. The van der Waals surface area contributed by atoms with Crippen LogP contribution in [0.1, 0.15) is 68.3 Å². The molecular weight excluding hydrogens is 608 g/mol. The van der Waals surface area contributed by atoms with Crippen LogP contribution < -0.4 is 16.0 Å². The van der Waals surface area contributed by atoms with Crippen molar-refractivity contribution in [2.45, 2.75) is 58.0 Å². The van der Waals surface area contributed by atoms with E-state index in [9.17, 15) is 14.4 Å². The van der Waals surface area contributed by atoms with Crippen LogP contribution in [0.15, 0.2) is 48.7 Å². The molecule has 252 valence electrons. The summed E-state index contributed by atoms with van der Waals surface area (Å²) in [5.41, 5.74) is 5.52. The summed E-state index contributed by atoms with van der Waals surface area (Å²) in [6.07, 6.45) is 5.46. The summed E-state index contributed by atoms with van der Waals surface area (Å²) in [4.78, 5) is 54.2. The largest absolute Gasteiger partial charge is 0.453 e. The number of fused-ring (bicyclic) bond motifs is 1. The molecule has 3 amide bonds. The van der Waals surface area contributed by atoms with Crippen molar-refractivity contribution in [3.05, 3.63) is 71.4 Å². The lowest BCUT2D eigenvalue weighted by Crippen LogP contribution is -2.47. The molecule has 1 aliphatic rings. The van der Waals surface area contributed by atoms with Gasteiger partial charge in [-0.1, -0.05) is 37.8 Å². The van der Waals surface area contributed by atoms with Gasteiger partial charge in [0.15, 0.2) is 0 Å². The van der Waals surface area contributed by atoms with Crippen molar-refractivity contribution in [3.8, 4) is 23.1 Å². The summed E-state index contributed by atoms with van der Waals surface area (Å²) in [6.45, 7) is 5.27. The van der Waals surface area contributed by atoms with Crippen LogP contribution in [0.4, 0.5) is 4.79 Å². The van der Waals surface area contributed by atoms with Gasteiger partial charge in [-0.05, 0) is 74.5 Å². The number of hydrogen-bond acceptors (Lipinski definition) is 7. The maximum Gasteiger partial charge on any atom is 0.407 e. The fraction of sp³-hybridized carbons (Fsp3) is 0.417. The van der Waals surface area contributed by atoms with E-state index in [1.807, 2.05) is 60.6 Å². The Balaban J connectivity index is 1.14. The molecule has 0 radical (unpaired) electrons. The smallest absolute Gasteiger partial charge is 0.407 e. The Hall–Kier alpha value is -5.15. The van der Waals surface area contributed by atoms with Crippen LogP contribution in [0.3, 0.4) is 0 Å². The number of amides is 3. The number of hydrogen-bond donors (Lipinski definition) is 5. The molecule has 4 aromatic rings. The molecule has 48 heavy (non-hydrogen) atoms. The third kappa shape index (κ3) is 8.60. The van der Waals surface area contributed by atoms with E-state index < -0.39 is 6.09 Å². The molecule has 0 aliphatic carbocycles. The zero-order valence-electron chi connectivity index (χ0n) is 28.0. The third-order valence-corrected chi connectivity index (χ3v) is 8.51. The van der Waals surface area contributed by atoms with Gasteiger partial charge in [0.05, 0.1) is 48.7 Å². The Bertz CT molecular complexity index is 1780. The zero-order chi connectivity index (χ0) is 34.0. The number of nitrogens with one attached hydrogen (secondary N) is 5. The maximum absolute atomic E-state index is 13.2. The molecular formula is C36H44N8O4. The van der Waals surface area contributed by atoms with Crippen molar-refractivity contribution in [3.63, 3.8) is 0 Å². The van der Waals surface area contributed by atoms with Gasteiger partial charge < -0.3 is 35.6 Å². The van der Waals surface area contributed by atoms with Gasteiger partial charge in [0.1, 0.15) is 11.6 Å². The van der Waals surface area contributed by atoms with E-state index in [0.29, 0.717) is 6.54 Å². The number of aromatic nitrogens is 4. The van der Waals surface area contributed by atoms with Gasteiger partial charge >= 0.3 is 6.09 Å². The van der Waals surface area contributed by atoms with Crippen LogP contribution >= 0.6 is 0 Å². The Kier molecular flexibility index (Phi) is 11.5. The molecule has 5 N–H and O–H groups in total. The molecule has 2 unspecified atom stereocenters. The van der Waals surface area contributed by atoms with Gasteiger partial charge in [-0.25, -0.2) is 14.8 Å². The molecule has 3 heterocycles. The van der Waals surface area contributed by atoms with Crippen molar-refractivity contribution in [2.24, 2.45) is 5.92 Å². The predicted molar refractivity (Wildman–Crippen MR) is 184 cm³/mol. The molecule has 2 aromatic heterocycles. The van der Waals surface area contributed by atoms with E-state index in [-0.39, 0.29) is 36.4 Å². The first-order valence-corrected chi connectivity index (χ1v) is 16.5. The van der Waals surface area contributed by atoms with Crippen molar-refractivity contribution < 1.29 is 19.1 Å². The molecule has 12 heteroatoms. The Morgan fingerprint density at radius 1 is 1.04 bits per heavy atom. The minimum absolute atomic E-state index is 0.0437. The molecule has 1 fully saturated rings. The van der Waals surface area contributed by atoms with E-state index in [1.165, 1.54) is 7.11 Å². The number of likely N-dealkylation sites (N-methyl/N-ethyl adjacent to an activating group) is 1. The van der Waals surface area contributed by atoms with Crippen LogP contribution in [0, 0.1) is 17.8 Å². The molecule has 5 rings (SSSR count). The number of unbranched alkanes of at least 4 members (excludes halogenated alkanes) is 1. The van der Waals surface area contributed by atoms with Gasteiger partial charge in [0.25, 0.3) is 0 Å². The predicted octanol–water partition coefficient (Wildman–Crippen LogP) is 4.06. The lowest BCUT2D eigenvalue weighted by molar-refractivity contribution is -0.135. The molecule has 0 bridgehead atoms. The monoisotopic (exact) mass is 652 g/mol. The highest BCUT2D eigenvalue weighted by Gasteiger charge is 2.36.